The Morgan fingerprint density at radius 1 is 1.15 bits per heavy atom. The molecule has 6 heteroatoms. The Labute approximate surface area is 155 Å². The Balaban J connectivity index is 1.41. The van der Waals surface area contributed by atoms with Gasteiger partial charge in [0.25, 0.3) is 0 Å². The van der Waals surface area contributed by atoms with Gasteiger partial charge in [0.2, 0.25) is 5.91 Å². The standard InChI is InChI=1S/C20H30N4O2/c1-14-21-17(12-18(22-14)23-8-10-26-11-9-23)15-4-6-24(7-5-15)19(25)16-13-20(16,2)3/h12,15-16H,4-11,13H2,1-3H3. The fraction of sp³-hybridized carbons (Fsp3) is 0.750. The van der Waals surface area contributed by atoms with Gasteiger partial charge in [0, 0.05) is 49.8 Å². The van der Waals surface area contributed by atoms with Crippen molar-refractivity contribution < 1.29 is 9.53 Å². The van der Waals surface area contributed by atoms with Gasteiger partial charge in [-0.3, -0.25) is 4.79 Å². The largest absolute Gasteiger partial charge is 0.378 e. The van der Waals surface area contributed by atoms with Gasteiger partial charge < -0.3 is 14.5 Å². The monoisotopic (exact) mass is 358 g/mol. The van der Waals surface area contributed by atoms with Crippen LogP contribution in [0.15, 0.2) is 6.07 Å². The van der Waals surface area contributed by atoms with E-state index in [0.29, 0.717) is 11.8 Å². The zero-order valence-corrected chi connectivity index (χ0v) is 16.2. The lowest BCUT2D eigenvalue weighted by atomic mass is 9.92. The second kappa shape index (κ2) is 6.80. The van der Waals surface area contributed by atoms with Crippen LogP contribution in [0.5, 0.6) is 0 Å². The number of hydrogen-bond acceptors (Lipinski definition) is 5. The molecule has 1 aromatic heterocycles. The Hall–Kier alpha value is -1.69. The van der Waals surface area contributed by atoms with Gasteiger partial charge in [0.15, 0.2) is 0 Å². The number of piperidine rings is 1. The third kappa shape index (κ3) is 3.56. The number of carbonyl (C=O) groups is 1. The molecule has 2 saturated heterocycles. The molecule has 1 aliphatic carbocycles. The lowest BCUT2D eigenvalue weighted by Crippen LogP contribution is -2.40. The molecule has 1 saturated carbocycles. The number of amides is 1. The van der Waals surface area contributed by atoms with E-state index in [2.05, 4.69) is 34.7 Å². The van der Waals surface area contributed by atoms with Crippen LogP contribution in [0.3, 0.4) is 0 Å². The molecule has 142 valence electrons. The first-order chi connectivity index (χ1) is 12.4. The van der Waals surface area contributed by atoms with E-state index in [0.717, 1.165) is 76.0 Å². The molecular formula is C20H30N4O2. The lowest BCUT2D eigenvalue weighted by molar-refractivity contribution is -0.134. The van der Waals surface area contributed by atoms with E-state index < -0.39 is 0 Å². The highest BCUT2D eigenvalue weighted by molar-refractivity contribution is 5.82. The predicted octanol–water partition coefficient (Wildman–Crippen LogP) is 2.37. The van der Waals surface area contributed by atoms with Crippen LogP contribution in [0.4, 0.5) is 5.82 Å². The fourth-order valence-electron chi connectivity index (χ4n) is 4.24. The molecule has 1 atom stereocenters. The quantitative estimate of drug-likeness (QED) is 0.830. The molecule has 2 aliphatic heterocycles. The third-order valence-corrected chi connectivity index (χ3v) is 6.22. The van der Waals surface area contributed by atoms with Crippen molar-refractivity contribution in [2.24, 2.45) is 11.3 Å². The first kappa shape index (κ1) is 17.7. The van der Waals surface area contributed by atoms with E-state index >= 15 is 0 Å². The van der Waals surface area contributed by atoms with E-state index in [1.807, 2.05) is 6.92 Å². The molecule has 3 fully saturated rings. The van der Waals surface area contributed by atoms with Crippen LogP contribution in [0.2, 0.25) is 0 Å². The summed E-state index contributed by atoms with van der Waals surface area (Å²) in [6.45, 7) is 11.4. The maximum atomic E-state index is 12.6. The maximum Gasteiger partial charge on any atom is 0.226 e. The minimum Gasteiger partial charge on any atom is -0.378 e. The van der Waals surface area contributed by atoms with Crippen LogP contribution in [-0.2, 0) is 9.53 Å². The molecule has 0 bridgehead atoms. The molecule has 0 N–H and O–H groups in total. The summed E-state index contributed by atoms with van der Waals surface area (Å²) >= 11 is 0. The number of morpholine rings is 1. The van der Waals surface area contributed by atoms with Crippen molar-refractivity contribution in [3.63, 3.8) is 0 Å². The highest BCUT2D eigenvalue weighted by Gasteiger charge is 2.52. The molecule has 1 unspecified atom stereocenters. The number of ether oxygens (including phenoxy) is 1. The second-order valence-electron chi connectivity index (χ2n) is 8.64. The highest BCUT2D eigenvalue weighted by Crippen LogP contribution is 2.52. The van der Waals surface area contributed by atoms with Crippen LogP contribution in [0.25, 0.3) is 0 Å². The Morgan fingerprint density at radius 2 is 1.81 bits per heavy atom. The summed E-state index contributed by atoms with van der Waals surface area (Å²) in [4.78, 5) is 26.3. The number of hydrogen-bond donors (Lipinski definition) is 0. The number of anilines is 1. The van der Waals surface area contributed by atoms with Crippen molar-refractivity contribution in [2.45, 2.75) is 46.0 Å². The maximum absolute atomic E-state index is 12.6. The molecule has 4 rings (SSSR count). The first-order valence-electron chi connectivity index (χ1n) is 9.91. The molecule has 3 aliphatic rings. The topological polar surface area (TPSA) is 58.6 Å². The van der Waals surface area contributed by atoms with Crippen LogP contribution in [0, 0.1) is 18.3 Å². The second-order valence-corrected chi connectivity index (χ2v) is 8.64. The minimum atomic E-state index is 0.213. The Morgan fingerprint density at radius 3 is 2.42 bits per heavy atom. The van der Waals surface area contributed by atoms with Gasteiger partial charge in [-0.05, 0) is 31.6 Å². The fourth-order valence-corrected chi connectivity index (χ4v) is 4.24. The number of likely N-dealkylation sites (tertiary alicyclic amines) is 1. The average Bonchev–Trinajstić information content (AvgIpc) is 3.30. The van der Waals surface area contributed by atoms with E-state index in [4.69, 9.17) is 9.72 Å². The van der Waals surface area contributed by atoms with Crippen molar-refractivity contribution in [3.8, 4) is 0 Å². The molecule has 0 radical (unpaired) electrons. The summed E-state index contributed by atoms with van der Waals surface area (Å²) in [6, 6.07) is 2.16. The van der Waals surface area contributed by atoms with E-state index in [9.17, 15) is 4.79 Å². The summed E-state index contributed by atoms with van der Waals surface area (Å²) in [6.07, 6.45) is 3.04. The van der Waals surface area contributed by atoms with Gasteiger partial charge in [-0.15, -0.1) is 0 Å². The van der Waals surface area contributed by atoms with Gasteiger partial charge in [0.05, 0.1) is 13.2 Å². The molecule has 26 heavy (non-hydrogen) atoms. The van der Waals surface area contributed by atoms with E-state index in [-0.39, 0.29) is 11.3 Å². The summed E-state index contributed by atoms with van der Waals surface area (Å²) in [5.74, 6) is 2.89. The normalized spacial score (nSPS) is 26.0. The number of nitrogens with zero attached hydrogens (tertiary/aromatic N) is 4. The Bertz CT molecular complexity index is 676. The van der Waals surface area contributed by atoms with Gasteiger partial charge in [-0.25, -0.2) is 9.97 Å². The zero-order chi connectivity index (χ0) is 18.3. The van der Waals surface area contributed by atoms with Crippen molar-refractivity contribution in [2.75, 3.05) is 44.3 Å². The molecule has 0 aromatic carbocycles. The van der Waals surface area contributed by atoms with Crippen molar-refractivity contribution in [1.29, 1.82) is 0 Å². The molecule has 0 spiro atoms. The van der Waals surface area contributed by atoms with Gasteiger partial charge in [-0.2, -0.15) is 0 Å². The number of aromatic nitrogens is 2. The van der Waals surface area contributed by atoms with Crippen molar-refractivity contribution in [3.05, 3.63) is 17.6 Å². The summed E-state index contributed by atoms with van der Waals surface area (Å²) in [7, 11) is 0. The number of aryl methyl sites for hydroxylation is 1. The smallest absolute Gasteiger partial charge is 0.226 e. The van der Waals surface area contributed by atoms with Crippen molar-refractivity contribution >= 4 is 11.7 Å². The number of rotatable bonds is 3. The van der Waals surface area contributed by atoms with Crippen LogP contribution in [0.1, 0.15) is 50.5 Å². The zero-order valence-electron chi connectivity index (χ0n) is 16.2. The van der Waals surface area contributed by atoms with Gasteiger partial charge >= 0.3 is 0 Å². The summed E-state index contributed by atoms with van der Waals surface area (Å²) < 4.78 is 5.45. The van der Waals surface area contributed by atoms with Crippen LogP contribution < -0.4 is 4.90 Å². The van der Waals surface area contributed by atoms with Crippen molar-refractivity contribution in [1.82, 2.24) is 14.9 Å². The van der Waals surface area contributed by atoms with E-state index in [1.165, 1.54) is 0 Å². The highest BCUT2D eigenvalue weighted by atomic mass is 16.5. The summed E-state index contributed by atoms with van der Waals surface area (Å²) in [5, 5.41) is 0. The van der Waals surface area contributed by atoms with E-state index in [1.54, 1.807) is 0 Å². The molecule has 6 nitrogen and oxygen atoms in total. The summed E-state index contributed by atoms with van der Waals surface area (Å²) in [5.41, 5.74) is 1.35. The molecular weight excluding hydrogens is 328 g/mol. The first-order valence-corrected chi connectivity index (χ1v) is 9.91. The SMILES string of the molecule is Cc1nc(C2CCN(C(=O)C3CC3(C)C)CC2)cc(N2CCOCC2)n1. The molecule has 3 heterocycles. The van der Waals surface area contributed by atoms with Gasteiger partial charge in [0.1, 0.15) is 11.6 Å². The lowest BCUT2D eigenvalue weighted by Gasteiger charge is -2.33. The number of carbonyl (C=O) groups excluding carboxylic acids is 1. The Kier molecular flexibility index (Phi) is 4.63. The van der Waals surface area contributed by atoms with Crippen LogP contribution in [-0.4, -0.2) is 60.2 Å². The van der Waals surface area contributed by atoms with Gasteiger partial charge in [-0.1, -0.05) is 13.8 Å². The predicted molar refractivity (Wildman–Crippen MR) is 100 cm³/mol. The molecule has 1 aromatic rings. The van der Waals surface area contributed by atoms with Crippen LogP contribution >= 0.6 is 0 Å². The third-order valence-electron chi connectivity index (χ3n) is 6.22. The molecule has 1 amide bonds. The average molecular weight is 358 g/mol. The minimum absolute atomic E-state index is 0.213.